The number of nitrogens with one attached hydrogen (secondary N) is 2. The first kappa shape index (κ1) is 19.5. The number of hydrogen-bond donors (Lipinski definition) is 3. The summed E-state index contributed by atoms with van der Waals surface area (Å²) in [5, 5.41) is 5.18. The third-order valence-electron chi connectivity index (χ3n) is 4.06. The predicted molar refractivity (Wildman–Crippen MR) is 97.2 cm³/mol. The van der Waals surface area contributed by atoms with E-state index in [-0.39, 0.29) is 24.8 Å². The van der Waals surface area contributed by atoms with Crippen LogP contribution in [0.1, 0.15) is 12.0 Å². The topological polar surface area (TPSA) is 114 Å². The SMILES string of the molecule is COc1ccccc1/C=C/CN1CCNC(=O)C1CC(=O)NCC(N)=O. The quantitative estimate of drug-likeness (QED) is 0.578. The van der Waals surface area contributed by atoms with E-state index >= 15 is 0 Å². The molecule has 1 fully saturated rings. The third-order valence-corrected chi connectivity index (χ3v) is 4.06. The van der Waals surface area contributed by atoms with Crippen LogP contribution in [0, 0.1) is 0 Å². The van der Waals surface area contributed by atoms with Crippen molar-refractivity contribution >= 4 is 23.8 Å². The van der Waals surface area contributed by atoms with Crippen LogP contribution in [0.25, 0.3) is 6.08 Å². The van der Waals surface area contributed by atoms with Crippen LogP contribution in [0.3, 0.4) is 0 Å². The molecule has 0 radical (unpaired) electrons. The van der Waals surface area contributed by atoms with E-state index in [4.69, 9.17) is 10.5 Å². The van der Waals surface area contributed by atoms with Gasteiger partial charge in [0, 0.05) is 25.2 Å². The molecule has 1 heterocycles. The van der Waals surface area contributed by atoms with Gasteiger partial charge >= 0.3 is 0 Å². The maximum Gasteiger partial charge on any atom is 0.237 e. The zero-order valence-electron chi connectivity index (χ0n) is 14.7. The number of methoxy groups -OCH3 is 1. The summed E-state index contributed by atoms with van der Waals surface area (Å²) in [5.74, 6) is -0.439. The number of ether oxygens (including phenoxy) is 1. The van der Waals surface area contributed by atoms with Crippen molar-refractivity contribution in [3.8, 4) is 5.75 Å². The molecule has 1 aliphatic heterocycles. The molecule has 0 spiro atoms. The number of carbonyl (C=O) groups is 3. The van der Waals surface area contributed by atoms with Crippen LogP contribution in [-0.4, -0.2) is 62.0 Å². The minimum absolute atomic E-state index is 0.0262. The van der Waals surface area contributed by atoms with E-state index in [1.54, 1.807) is 7.11 Å². The van der Waals surface area contributed by atoms with Gasteiger partial charge in [0.1, 0.15) is 5.75 Å². The van der Waals surface area contributed by atoms with Gasteiger partial charge in [-0.15, -0.1) is 0 Å². The van der Waals surface area contributed by atoms with Gasteiger partial charge < -0.3 is 21.1 Å². The number of para-hydroxylation sites is 1. The summed E-state index contributed by atoms with van der Waals surface area (Å²) in [6.07, 6.45) is 3.84. The van der Waals surface area contributed by atoms with Crippen molar-refractivity contribution in [2.24, 2.45) is 5.73 Å². The summed E-state index contributed by atoms with van der Waals surface area (Å²) in [5.41, 5.74) is 5.95. The van der Waals surface area contributed by atoms with E-state index < -0.39 is 11.9 Å². The molecule has 8 nitrogen and oxygen atoms in total. The summed E-state index contributed by atoms with van der Waals surface area (Å²) in [6.45, 7) is 1.44. The summed E-state index contributed by atoms with van der Waals surface area (Å²) in [6, 6.07) is 7.04. The highest BCUT2D eigenvalue weighted by Crippen LogP contribution is 2.19. The summed E-state index contributed by atoms with van der Waals surface area (Å²) in [4.78, 5) is 36.7. The number of carbonyl (C=O) groups excluding carboxylic acids is 3. The fourth-order valence-electron chi connectivity index (χ4n) is 2.76. The molecule has 1 aromatic carbocycles. The Labute approximate surface area is 152 Å². The van der Waals surface area contributed by atoms with E-state index in [0.29, 0.717) is 19.6 Å². The second-order valence-corrected chi connectivity index (χ2v) is 5.89. The Bertz CT molecular complexity index is 690. The number of hydrogen-bond acceptors (Lipinski definition) is 5. The molecule has 1 atom stereocenters. The standard InChI is InChI=1S/C18H24N4O4/c1-26-15-7-3-2-5-13(15)6-4-9-22-10-8-20-18(25)14(22)11-17(24)21-12-16(19)23/h2-7,14H,8-12H2,1H3,(H2,19,23)(H,20,25)(H,21,24)/b6-4+. The molecule has 0 bridgehead atoms. The van der Waals surface area contributed by atoms with Crippen molar-refractivity contribution in [3.05, 3.63) is 35.9 Å². The molecular formula is C18H24N4O4. The van der Waals surface area contributed by atoms with Crippen LogP contribution in [0.2, 0.25) is 0 Å². The van der Waals surface area contributed by atoms with Gasteiger partial charge in [-0.2, -0.15) is 0 Å². The van der Waals surface area contributed by atoms with E-state index in [0.717, 1.165) is 11.3 Å². The first-order valence-corrected chi connectivity index (χ1v) is 8.37. The molecule has 4 N–H and O–H groups in total. The van der Waals surface area contributed by atoms with Crippen molar-refractivity contribution in [1.82, 2.24) is 15.5 Å². The Morgan fingerprint density at radius 1 is 1.42 bits per heavy atom. The zero-order valence-corrected chi connectivity index (χ0v) is 14.7. The maximum absolute atomic E-state index is 12.1. The van der Waals surface area contributed by atoms with Gasteiger partial charge in [-0.25, -0.2) is 0 Å². The second kappa shape index (κ2) is 9.57. The highest BCUT2D eigenvalue weighted by atomic mass is 16.5. The monoisotopic (exact) mass is 360 g/mol. The third kappa shape index (κ3) is 5.59. The van der Waals surface area contributed by atoms with Crippen molar-refractivity contribution in [3.63, 3.8) is 0 Å². The minimum atomic E-state index is -0.622. The van der Waals surface area contributed by atoms with Gasteiger partial charge in [0.25, 0.3) is 0 Å². The van der Waals surface area contributed by atoms with Gasteiger partial charge in [-0.05, 0) is 6.07 Å². The first-order valence-electron chi connectivity index (χ1n) is 8.37. The first-order chi connectivity index (χ1) is 12.5. The van der Waals surface area contributed by atoms with Crippen molar-refractivity contribution < 1.29 is 19.1 Å². The van der Waals surface area contributed by atoms with Gasteiger partial charge in [0.15, 0.2) is 0 Å². The van der Waals surface area contributed by atoms with E-state index in [1.807, 2.05) is 41.3 Å². The molecule has 0 aliphatic carbocycles. The molecule has 8 heteroatoms. The summed E-state index contributed by atoms with van der Waals surface area (Å²) >= 11 is 0. The van der Waals surface area contributed by atoms with Gasteiger partial charge in [0.05, 0.1) is 26.1 Å². The van der Waals surface area contributed by atoms with Crippen molar-refractivity contribution in [2.45, 2.75) is 12.5 Å². The molecule has 3 amide bonds. The number of benzene rings is 1. The highest BCUT2D eigenvalue weighted by molar-refractivity contribution is 5.90. The van der Waals surface area contributed by atoms with Crippen LogP contribution in [0.15, 0.2) is 30.3 Å². The summed E-state index contributed by atoms with van der Waals surface area (Å²) in [7, 11) is 1.61. The Balaban J connectivity index is 1.98. The van der Waals surface area contributed by atoms with Gasteiger partial charge in [0.2, 0.25) is 17.7 Å². The molecule has 1 unspecified atom stereocenters. The Morgan fingerprint density at radius 3 is 2.92 bits per heavy atom. The minimum Gasteiger partial charge on any atom is -0.496 e. The zero-order chi connectivity index (χ0) is 18.9. The molecule has 0 saturated carbocycles. The lowest BCUT2D eigenvalue weighted by molar-refractivity contribution is -0.133. The highest BCUT2D eigenvalue weighted by Gasteiger charge is 2.30. The molecule has 1 saturated heterocycles. The molecule has 140 valence electrons. The molecule has 2 rings (SSSR count). The Morgan fingerprint density at radius 2 is 2.19 bits per heavy atom. The molecule has 26 heavy (non-hydrogen) atoms. The average Bonchev–Trinajstić information content (AvgIpc) is 2.63. The average molecular weight is 360 g/mol. The van der Waals surface area contributed by atoms with E-state index in [1.165, 1.54) is 0 Å². The number of nitrogens with two attached hydrogens (primary N) is 1. The smallest absolute Gasteiger partial charge is 0.237 e. The Hall–Kier alpha value is -2.87. The molecular weight excluding hydrogens is 336 g/mol. The van der Waals surface area contributed by atoms with Crippen molar-refractivity contribution in [1.29, 1.82) is 0 Å². The second-order valence-electron chi connectivity index (χ2n) is 5.89. The normalized spacial score (nSPS) is 17.7. The van der Waals surface area contributed by atoms with Gasteiger partial charge in [-0.3, -0.25) is 19.3 Å². The Kier molecular flexibility index (Phi) is 7.16. The number of rotatable bonds is 8. The van der Waals surface area contributed by atoms with Crippen LogP contribution >= 0.6 is 0 Å². The van der Waals surface area contributed by atoms with Crippen molar-refractivity contribution in [2.75, 3.05) is 33.3 Å². The molecule has 1 aromatic rings. The lowest BCUT2D eigenvalue weighted by Gasteiger charge is -2.33. The lowest BCUT2D eigenvalue weighted by atomic mass is 10.1. The largest absolute Gasteiger partial charge is 0.496 e. The van der Waals surface area contributed by atoms with Crippen LogP contribution in [-0.2, 0) is 14.4 Å². The number of amides is 3. The number of nitrogens with zero attached hydrogens (tertiary/aromatic N) is 1. The van der Waals surface area contributed by atoms with E-state index in [9.17, 15) is 14.4 Å². The number of primary amides is 1. The van der Waals surface area contributed by atoms with Gasteiger partial charge in [-0.1, -0.05) is 30.4 Å². The van der Waals surface area contributed by atoms with Crippen LogP contribution < -0.4 is 21.1 Å². The molecule has 0 aromatic heterocycles. The maximum atomic E-state index is 12.1. The summed E-state index contributed by atoms with van der Waals surface area (Å²) < 4.78 is 5.31. The predicted octanol–water partition coefficient (Wildman–Crippen LogP) is -0.500. The lowest BCUT2D eigenvalue weighted by Crippen LogP contribution is -2.56. The van der Waals surface area contributed by atoms with Crippen LogP contribution in [0.5, 0.6) is 5.75 Å². The van der Waals surface area contributed by atoms with Crippen LogP contribution in [0.4, 0.5) is 0 Å². The molecule has 1 aliphatic rings. The fourth-order valence-corrected chi connectivity index (χ4v) is 2.76. The fraction of sp³-hybridized carbons (Fsp3) is 0.389. The van der Waals surface area contributed by atoms with E-state index in [2.05, 4.69) is 10.6 Å². The number of piperazine rings is 1.